The van der Waals surface area contributed by atoms with E-state index in [1.165, 1.54) is 56.7 Å². The number of hydrogen-bond acceptors (Lipinski definition) is 18. The van der Waals surface area contributed by atoms with Gasteiger partial charge in [-0.1, -0.05) is 13.8 Å². The van der Waals surface area contributed by atoms with Crippen molar-refractivity contribution in [2.75, 3.05) is 6.54 Å². The van der Waals surface area contributed by atoms with Crippen LogP contribution in [0.1, 0.15) is 81.1 Å². The maximum absolute atomic E-state index is 13.3. The highest BCUT2D eigenvalue weighted by atomic mass is 32.1. The highest BCUT2D eigenvalue weighted by molar-refractivity contribution is 7.15. The third-order valence-corrected chi connectivity index (χ3v) is 13.8. The lowest BCUT2D eigenvalue weighted by molar-refractivity contribution is -0.127. The molecule has 1 saturated carbocycles. The van der Waals surface area contributed by atoms with Crippen molar-refractivity contribution in [2.45, 2.75) is 57.7 Å². The van der Waals surface area contributed by atoms with Gasteiger partial charge in [-0.05, 0) is 44.5 Å². The molecule has 0 aromatic carbocycles. The highest BCUT2D eigenvalue weighted by Gasteiger charge is 2.52. The van der Waals surface area contributed by atoms with Gasteiger partial charge in [0.1, 0.15) is 72.3 Å². The Balaban J connectivity index is 1.04. The number of imide groups is 1. The van der Waals surface area contributed by atoms with Crippen LogP contribution in [0.25, 0.3) is 43.4 Å². The molecular formula is C38H34N12O7S5. The molecule has 62 heavy (non-hydrogen) atoms. The maximum atomic E-state index is 13.3. The molecule has 0 spiro atoms. The summed E-state index contributed by atoms with van der Waals surface area (Å²) in [6.45, 7) is 8.71. The first kappa shape index (κ1) is 42.6. The van der Waals surface area contributed by atoms with Gasteiger partial charge in [0, 0.05) is 38.9 Å². The Morgan fingerprint density at radius 1 is 0.823 bits per heavy atom. The summed E-state index contributed by atoms with van der Waals surface area (Å²) < 4.78 is 0. The zero-order valence-corrected chi connectivity index (χ0v) is 36.9. The van der Waals surface area contributed by atoms with E-state index in [1.807, 2.05) is 0 Å². The molecule has 318 valence electrons. The number of carbonyl (C=O) groups excluding carboxylic acids is 6. The molecule has 2 aliphatic rings. The van der Waals surface area contributed by atoms with E-state index in [0.29, 0.717) is 67.1 Å². The van der Waals surface area contributed by atoms with Crippen molar-refractivity contribution < 1.29 is 33.9 Å². The number of aromatic nitrogens is 6. The summed E-state index contributed by atoms with van der Waals surface area (Å²) in [6.07, 6.45) is 0.415. The number of thiazole rings is 5. The van der Waals surface area contributed by atoms with Gasteiger partial charge >= 0.3 is 6.03 Å². The number of aliphatic imine (C=N–C) groups is 1. The predicted molar refractivity (Wildman–Crippen MR) is 233 cm³/mol. The fourth-order valence-corrected chi connectivity index (χ4v) is 10.5. The molecule has 6 aromatic rings. The fraction of sp³-hybridized carbons (Fsp3) is 0.289. The van der Waals surface area contributed by atoms with E-state index >= 15 is 0 Å². The molecule has 0 radical (unpaired) electrons. The largest absolute Gasteiger partial charge is 0.391 e. The molecule has 6 aromatic heterocycles. The smallest absolute Gasteiger partial charge is 0.343 e. The van der Waals surface area contributed by atoms with Gasteiger partial charge in [-0.2, -0.15) is 0 Å². The number of nitrogens with one attached hydrogen (secondary N) is 4. The standard InChI is InChI=1S/C38H34N12O7S5/c1-16(2)9-26-40-22(12-58-26)30(54)47-27(17(3)51)35-42-20(11-62-35)28-18(32-43-21(13-59-32)29(53)39-4)5-6-19(41-28)33-45-24(15-61-33)34-44-23(14-60-34)31(55)48-38(7-8-38)36(56)49-50-10-25(52)46-37(50)57/h5-6,11-17,27,51H,4,7-10H2,1-3H3,(H,47,54)(H,48,55)(H,49,56)(H,46,52,57)/t17-,27+/m1/s1. The van der Waals surface area contributed by atoms with E-state index in [1.54, 1.807) is 46.0 Å². The van der Waals surface area contributed by atoms with Crippen LogP contribution in [-0.2, 0) is 16.0 Å². The van der Waals surface area contributed by atoms with E-state index in [9.17, 15) is 33.9 Å². The molecule has 1 saturated heterocycles. The lowest BCUT2D eigenvalue weighted by Gasteiger charge is -2.20. The number of aliphatic hydroxyl groups is 1. The molecule has 2 atom stereocenters. The number of rotatable bonds is 15. The fourth-order valence-electron chi connectivity index (χ4n) is 6.09. The van der Waals surface area contributed by atoms with Gasteiger partial charge < -0.3 is 15.7 Å². The second kappa shape index (κ2) is 17.4. The van der Waals surface area contributed by atoms with Gasteiger partial charge in [0.25, 0.3) is 23.6 Å². The van der Waals surface area contributed by atoms with Gasteiger partial charge in [0.05, 0.1) is 16.8 Å². The Bertz CT molecular complexity index is 2760. The van der Waals surface area contributed by atoms with Crippen LogP contribution in [0.4, 0.5) is 4.79 Å². The summed E-state index contributed by atoms with van der Waals surface area (Å²) in [5, 5.41) is 30.4. The minimum Gasteiger partial charge on any atom is -0.391 e. The van der Waals surface area contributed by atoms with Crippen molar-refractivity contribution in [3.8, 4) is 43.4 Å². The summed E-state index contributed by atoms with van der Waals surface area (Å²) in [6, 6.07) is 1.93. The van der Waals surface area contributed by atoms with Crippen LogP contribution >= 0.6 is 56.7 Å². The molecule has 0 unspecified atom stereocenters. The Labute approximate surface area is 371 Å². The average molecular weight is 931 g/mol. The summed E-state index contributed by atoms with van der Waals surface area (Å²) in [5.74, 6) is -2.40. The molecule has 0 bridgehead atoms. The SMILES string of the molecule is C=NC(=O)c1csc(-c2ccc(-c3nc(-c4nc(C(=O)NC5(C(=O)NN6CC(=O)NC6=O)CC5)cs4)cs3)nc2-c2csc([C@@H](NC(=O)c3csc(CC(C)C)n3)[C@@H](C)O)n2)n1. The van der Waals surface area contributed by atoms with Crippen molar-refractivity contribution in [1.29, 1.82) is 0 Å². The van der Waals surface area contributed by atoms with Crippen LogP contribution in [0, 0.1) is 5.92 Å². The number of carbonyl (C=O) groups is 6. The van der Waals surface area contributed by atoms with Crippen LogP contribution in [0.3, 0.4) is 0 Å². The number of hydrazine groups is 1. The Morgan fingerprint density at radius 2 is 1.50 bits per heavy atom. The first-order valence-electron chi connectivity index (χ1n) is 18.7. The van der Waals surface area contributed by atoms with E-state index in [0.717, 1.165) is 16.4 Å². The van der Waals surface area contributed by atoms with Crippen LogP contribution in [-0.4, -0.2) is 100 Å². The Hall–Kier alpha value is -6.05. The molecule has 8 rings (SSSR count). The highest BCUT2D eigenvalue weighted by Crippen LogP contribution is 2.39. The molecule has 24 heteroatoms. The molecule has 7 amide bonds. The summed E-state index contributed by atoms with van der Waals surface area (Å²) in [7, 11) is 0. The number of hydrogen-bond donors (Lipinski definition) is 5. The van der Waals surface area contributed by atoms with Gasteiger partial charge in [-0.15, -0.1) is 56.7 Å². The predicted octanol–water partition coefficient (Wildman–Crippen LogP) is 4.77. The molecule has 7 heterocycles. The van der Waals surface area contributed by atoms with Crippen molar-refractivity contribution >= 4 is 99.0 Å². The first-order valence-corrected chi connectivity index (χ1v) is 23.1. The number of aliphatic hydroxyl groups excluding tert-OH is 1. The van der Waals surface area contributed by atoms with Crippen LogP contribution in [0.15, 0.2) is 44.0 Å². The van der Waals surface area contributed by atoms with Crippen LogP contribution < -0.4 is 21.4 Å². The van der Waals surface area contributed by atoms with Crippen molar-refractivity contribution in [2.24, 2.45) is 10.9 Å². The zero-order chi connectivity index (χ0) is 43.9. The number of amides is 7. The van der Waals surface area contributed by atoms with Crippen LogP contribution in [0.2, 0.25) is 0 Å². The summed E-state index contributed by atoms with van der Waals surface area (Å²) in [5.41, 5.74) is 3.94. The minimum absolute atomic E-state index is 0.0684. The van der Waals surface area contributed by atoms with Gasteiger partial charge in [0.15, 0.2) is 0 Å². The number of urea groups is 1. The Morgan fingerprint density at radius 3 is 2.21 bits per heavy atom. The van der Waals surface area contributed by atoms with Gasteiger partial charge in [0.2, 0.25) is 5.91 Å². The quantitative estimate of drug-likeness (QED) is 0.0688. The number of nitrogens with zero attached hydrogens (tertiary/aromatic N) is 8. The summed E-state index contributed by atoms with van der Waals surface area (Å²) in [4.78, 5) is 107. The Kier molecular flexibility index (Phi) is 11.9. The third kappa shape index (κ3) is 8.96. The normalized spacial score (nSPS) is 15.3. The lowest BCUT2D eigenvalue weighted by atomic mass is 10.1. The van der Waals surface area contributed by atoms with Crippen LogP contribution in [0.5, 0.6) is 0 Å². The topological polar surface area (TPSA) is 264 Å². The molecular weight excluding hydrogens is 897 g/mol. The third-order valence-electron chi connectivity index (χ3n) is 9.41. The second-order valence-electron chi connectivity index (χ2n) is 14.6. The summed E-state index contributed by atoms with van der Waals surface area (Å²) >= 11 is 6.33. The monoisotopic (exact) mass is 930 g/mol. The lowest BCUT2D eigenvalue weighted by Crippen LogP contribution is -2.54. The average Bonchev–Trinajstić information content (AvgIpc) is 4.00. The van der Waals surface area contributed by atoms with E-state index in [4.69, 9.17) is 15.0 Å². The molecule has 1 aliphatic heterocycles. The van der Waals surface area contributed by atoms with Crippen molar-refractivity contribution in [3.05, 3.63) is 66.1 Å². The van der Waals surface area contributed by atoms with E-state index in [-0.39, 0.29) is 23.6 Å². The van der Waals surface area contributed by atoms with Crippen molar-refractivity contribution in [1.82, 2.24) is 56.3 Å². The minimum atomic E-state index is -1.24. The second-order valence-corrected chi connectivity index (χ2v) is 19.0. The molecule has 2 fully saturated rings. The molecule has 19 nitrogen and oxygen atoms in total. The maximum Gasteiger partial charge on any atom is 0.343 e. The number of pyridine rings is 1. The van der Waals surface area contributed by atoms with Gasteiger partial charge in [-0.25, -0.2) is 44.7 Å². The molecule has 1 aliphatic carbocycles. The zero-order valence-electron chi connectivity index (χ0n) is 32.8. The van der Waals surface area contributed by atoms with Crippen molar-refractivity contribution in [3.63, 3.8) is 0 Å². The van der Waals surface area contributed by atoms with E-state index in [2.05, 4.69) is 61.9 Å². The first-order chi connectivity index (χ1) is 29.7. The van der Waals surface area contributed by atoms with Gasteiger partial charge in [-0.3, -0.25) is 34.7 Å². The van der Waals surface area contributed by atoms with E-state index < -0.39 is 53.3 Å². The molecule has 5 N–H and O–H groups in total.